The molecule has 2 heterocycles. The molecule has 0 atom stereocenters. The number of ether oxygens (including phenoxy) is 1. The third kappa shape index (κ3) is 3.77. The van der Waals surface area contributed by atoms with Crippen LogP contribution >= 0.6 is 0 Å². The van der Waals surface area contributed by atoms with E-state index in [1.807, 2.05) is 0 Å². The summed E-state index contributed by atoms with van der Waals surface area (Å²) < 4.78 is 6.53. The number of nitrogens with one attached hydrogen (secondary N) is 1. The van der Waals surface area contributed by atoms with Gasteiger partial charge in [0.2, 0.25) is 0 Å². The molecule has 7 heteroatoms. The minimum atomic E-state index is -0.382. The van der Waals surface area contributed by atoms with Crippen molar-refractivity contribution in [1.29, 1.82) is 0 Å². The lowest BCUT2D eigenvalue weighted by atomic mass is 10.1. The average molecular weight is 341 g/mol. The molecule has 0 aliphatic carbocycles. The second kappa shape index (κ2) is 7.31. The zero-order valence-electron chi connectivity index (χ0n) is 13.9. The summed E-state index contributed by atoms with van der Waals surface area (Å²) in [7, 11) is 1.54. The van der Waals surface area contributed by atoms with Crippen LogP contribution in [0, 0.1) is 0 Å². The Morgan fingerprint density at radius 1 is 1.04 bits per heavy atom. The minimum absolute atomic E-state index is 0.0494. The van der Waals surface area contributed by atoms with Crippen molar-refractivity contribution in [2.75, 3.05) is 31.6 Å². The number of carbonyl (C=O) groups is 2. The number of aromatic nitrogens is 1. The monoisotopic (exact) mass is 341 g/mol. The number of morpholine rings is 1. The summed E-state index contributed by atoms with van der Waals surface area (Å²) in [5.74, 6) is -0.431. The highest BCUT2D eigenvalue weighted by molar-refractivity contribution is 6.03. The minimum Gasteiger partial charge on any atom is -0.378 e. The lowest BCUT2D eigenvalue weighted by Gasteiger charge is -2.26. The number of anilines is 1. The van der Waals surface area contributed by atoms with Crippen LogP contribution in [0.1, 0.15) is 20.8 Å². The number of benzene rings is 1. The Bertz CT molecular complexity index is 836. The van der Waals surface area contributed by atoms with Gasteiger partial charge in [-0.05, 0) is 30.3 Å². The average Bonchev–Trinajstić information content (AvgIpc) is 2.64. The number of amides is 2. The van der Waals surface area contributed by atoms with E-state index in [9.17, 15) is 14.4 Å². The van der Waals surface area contributed by atoms with Gasteiger partial charge in [-0.15, -0.1) is 0 Å². The van der Waals surface area contributed by atoms with Crippen molar-refractivity contribution in [1.82, 2.24) is 9.47 Å². The van der Waals surface area contributed by atoms with Crippen molar-refractivity contribution in [3.8, 4) is 0 Å². The van der Waals surface area contributed by atoms with Crippen molar-refractivity contribution in [2.45, 2.75) is 0 Å². The Labute approximate surface area is 144 Å². The van der Waals surface area contributed by atoms with Gasteiger partial charge >= 0.3 is 0 Å². The van der Waals surface area contributed by atoms with Crippen LogP contribution in [0.3, 0.4) is 0 Å². The number of nitrogens with zero attached hydrogens (tertiary/aromatic N) is 2. The summed E-state index contributed by atoms with van der Waals surface area (Å²) in [4.78, 5) is 38.0. The number of hydrogen-bond acceptors (Lipinski definition) is 4. The van der Waals surface area contributed by atoms with Crippen LogP contribution in [0.5, 0.6) is 0 Å². The van der Waals surface area contributed by atoms with Gasteiger partial charge in [0, 0.05) is 37.5 Å². The summed E-state index contributed by atoms with van der Waals surface area (Å²) in [6.07, 6.45) is 0. The van der Waals surface area contributed by atoms with E-state index in [1.54, 1.807) is 48.3 Å². The first-order valence-electron chi connectivity index (χ1n) is 8.01. The van der Waals surface area contributed by atoms with Crippen LogP contribution in [0.2, 0.25) is 0 Å². The fourth-order valence-electron chi connectivity index (χ4n) is 2.63. The maximum atomic E-state index is 12.4. The maximum Gasteiger partial charge on any atom is 0.272 e. The fraction of sp³-hybridized carbons (Fsp3) is 0.278. The Morgan fingerprint density at radius 2 is 1.72 bits per heavy atom. The van der Waals surface area contributed by atoms with Crippen molar-refractivity contribution in [3.05, 3.63) is 64.1 Å². The Hall–Kier alpha value is -2.93. The van der Waals surface area contributed by atoms with Gasteiger partial charge in [0.05, 0.1) is 13.2 Å². The maximum absolute atomic E-state index is 12.4. The van der Waals surface area contributed by atoms with E-state index in [-0.39, 0.29) is 23.1 Å². The largest absolute Gasteiger partial charge is 0.378 e. The van der Waals surface area contributed by atoms with E-state index in [0.717, 1.165) is 0 Å². The molecule has 25 heavy (non-hydrogen) atoms. The van der Waals surface area contributed by atoms with Crippen molar-refractivity contribution in [2.24, 2.45) is 7.05 Å². The summed E-state index contributed by atoms with van der Waals surface area (Å²) in [5.41, 5.74) is 1.13. The lowest BCUT2D eigenvalue weighted by molar-refractivity contribution is 0.0303. The van der Waals surface area contributed by atoms with Gasteiger partial charge in [-0.3, -0.25) is 14.4 Å². The molecule has 1 aromatic heterocycles. The van der Waals surface area contributed by atoms with Crippen molar-refractivity contribution >= 4 is 17.5 Å². The number of rotatable bonds is 3. The number of pyridine rings is 1. The summed E-state index contributed by atoms with van der Waals surface area (Å²) in [6.45, 7) is 2.27. The smallest absolute Gasteiger partial charge is 0.272 e. The molecule has 0 radical (unpaired) electrons. The first kappa shape index (κ1) is 16.9. The molecule has 7 nitrogen and oxygen atoms in total. The van der Waals surface area contributed by atoms with E-state index in [0.29, 0.717) is 37.6 Å². The number of carbonyl (C=O) groups excluding carboxylic acids is 2. The van der Waals surface area contributed by atoms with E-state index in [1.165, 1.54) is 10.6 Å². The fourth-order valence-corrected chi connectivity index (χ4v) is 2.63. The molecular weight excluding hydrogens is 322 g/mol. The molecule has 3 rings (SSSR count). The normalized spacial score (nSPS) is 14.2. The standard InChI is InChI=1S/C18H19N3O4/c1-20-15(3-2-4-16(20)22)17(23)19-14-7-5-13(6-8-14)18(24)21-9-11-25-12-10-21/h2-8H,9-12H2,1H3,(H,19,23). The predicted octanol–water partition coefficient (Wildman–Crippen LogP) is 1.11. The summed E-state index contributed by atoms with van der Waals surface area (Å²) in [5, 5.41) is 2.73. The van der Waals surface area contributed by atoms with Crippen LogP contribution < -0.4 is 10.9 Å². The Balaban J connectivity index is 1.70. The second-order valence-corrected chi connectivity index (χ2v) is 5.74. The first-order valence-corrected chi connectivity index (χ1v) is 8.01. The summed E-state index contributed by atoms with van der Waals surface area (Å²) in [6, 6.07) is 11.2. The van der Waals surface area contributed by atoms with E-state index >= 15 is 0 Å². The van der Waals surface area contributed by atoms with Crippen LogP contribution in [0.4, 0.5) is 5.69 Å². The second-order valence-electron chi connectivity index (χ2n) is 5.74. The third-order valence-electron chi connectivity index (χ3n) is 4.11. The molecule has 1 saturated heterocycles. The quantitative estimate of drug-likeness (QED) is 0.907. The predicted molar refractivity (Wildman–Crippen MR) is 92.8 cm³/mol. The lowest BCUT2D eigenvalue weighted by Crippen LogP contribution is -2.40. The molecule has 0 unspecified atom stereocenters. The SMILES string of the molecule is Cn1c(C(=O)Nc2ccc(C(=O)N3CCOCC3)cc2)cccc1=O. The zero-order chi connectivity index (χ0) is 17.8. The van der Waals surface area contributed by atoms with Gasteiger partial charge in [0.25, 0.3) is 17.4 Å². The van der Waals surface area contributed by atoms with Gasteiger partial charge in [-0.2, -0.15) is 0 Å². The van der Waals surface area contributed by atoms with Gasteiger partial charge in [0.15, 0.2) is 0 Å². The van der Waals surface area contributed by atoms with Crippen LogP contribution in [-0.4, -0.2) is 47.6 Å². The molecule has 2 aromatic rings. The molecule has 0 saturated carbocycles. The van der Waals surface area contributed by atoms with Gasteiger partial charge in [-0.1, -0.05) is 6.07 Å². The Morgan fingerprint density at radius 3 is 2.40 bits per heavy atom. The highest BCUT2D eigenvalue weighted by atomic mass is 16.5. The highest BCUT2D eigenvalue weighted by Crippen LogP contribution is 2.13. The van der Waals surface area contributed by atoms with Crippen molar-refractivity contribution in [3.63, 3.8) is 0 Å². The molecule has 0 spiro atoms. The molecule has 1 aromatic carbocycles. The topological polar surface area (TPSA) is 80.6 Å². The Kier molecular flexibility index (Phi) is 4.95. The highest BCUT2D eigenvalue weighted by Gasteiger charge is 2.18. The third-order valence-corrected chi connectivity index (χ3v) is 4.11. The van der Waals surface area contributed by atoms with Gasteiger partial charge in [-0.25, -0.2) is 0 Å². The van der Waals surface area contributed by atoms with E-state index in [2.05, 4.69) is 5.32 Å². The summed E-state index contributed by atoms with van der Waals surface area (Å²) >= 11 is 0. The zero-order valence-corrected chi connectivity index (χ0v) is 13.9. The molecule has 1 N–H and O–H groups in total. The molecule has 0 bridgehead atoms. The molecule has 1 aliphatic heterocycles. The van der Waals surface area contributed by atoms with E-state index in [4.69, 9.17) is 4.74 Å². The molecule has 1 fully saturated rings. The van der Waals surface area contributed by atoms with Crippen LogP contribution in [-0.2, 0) is 11.8 Å². The molecule has 1 aliphatic rings. The molecule has 2 amide bonds. The number of hydrogen-bond donors (Lipinski definition) is 1. The molecular formula is C18H19N3O4. The molecule has 130 valence electrons. The van der Waals surface area contributed by atoms with Crippen LogP contribution in [0.15, 0.2) is 47.3 Å². The van der Waals surface area contributed by atoms with Crippen LogP contribution in [0.25, 0.3) is 0 Å². The van der Waals surface area contributed by atoms with Gasteiger partial charge in [0.1, 0.15) is 5.69 Å². The van der Waals surface area contributed by atoms with Crippen molar-refractivity contribution < 1.29 is 14.3 Å². The van der Waals surface area contributed by atoms with E-state index < -0.39 is 0 Å². The van der Waals surface area contributed by atoms with Gasteiger partial charge < -0.3 is 19.5 Å². The first-order chi connectivity index (χ1) is 12.1.